The van der Waals surface area contributed by atoms with Crippen LogP contribution in [0, 0.1) is 13.8 Å². The SMILES string of the molecule is C=CCn1c(SCC(=O)c2ccc[nH]2)nc2sc(C)c(C)c2c1=O. The molecule has 3 rings (SSSR count). The topological polar surface area (TPSA) is 67.8 Å². The number of fused-ring (bicyclic) bond motifs is 1. The molecule has 0 amide bonds. The molecule has 3 heterocycles. The molecule has 0 saturated carbocycles. The van der Waals surface area contributed by atoms with Crippen LogP contribution in [0.1, 0.15) is 20.9 Å². The summed E-state index contributed by atoms with van der Waals surface area (Å²) in [6.45, 7) is 8.01. The first-order chi connectivity index (χ1) is 11.5. The molecule has 3 aromatic heterocycles. The van der Waals surface area contributed by atoms with Crippen LogP contribution in [-0.2, 0) is 6.54 Å². The lowest BCUT2D eigenvalue weighted by atomic mass is 10.2. The van der Waals surface area contributed by atoms with Crippen molar-refractivity contribution >= 4 is 39.1 Å². The second kappa shape index (κ2) is 6.78. The summed E-state index contributed by atoms with van der Waals surface area (Å²) in [6.07, 6.45) is 3.38. The number of carbonyl (C=O) groups is 1. The van der Waals surface area contributed by atoms with Gasteiger partial charge in [0, 0.05) is 17.6 Å². The summed E-state index contributed by atoms with van der Waals surface area (Å²) in [5.41, 5.74) is 1.46. The van der Waals surface area contributed by atoms with Gasteiger partial charge in [-0.1, -0.05) is 17.8 Å². The van der Waals surface area contributed by atoms with Crippen LogP contribution in [0.15, 0.2) is 40.9 Å². The highest BCUT2D eigenvalue weighted by molar-refractivity contribution is 7.99. The first-order valence-electron chi connectivity index (χ1n) is 7.43. The summed E-state index contributed by atoms with van der Waals surface area (Å²) in [5.74, 6) is 0.196. The Labute approximate surface area is 147 Å². The molecule has 0 radical (unpaired) electrons. The van der Waals surface area contributed by atoms with Gasteiger partial charge in [0.2, 0.25) is 0 Å². The van der Waals surface area contributed by atoms with Crippen molar-refractivity contribution in [2.24, 2.45) is 0 Å². The van der Waals surface area contributed by atoms with Crippen molar-refractivity contribution in [3.05, 3.63) is 57.5 Å². The average Bonchev–Trinajstić information content (AvgIpc) is 3.18. The quantitative estimate of drug-likeness (QED) is 0.316. The maximum absolute atomic E-state index is 12.8. The Bertz CT molecular complexity index is 968. The number of thiophene rings is 1. The van der Waals surface area contributed by atoms with Crippen LogP contribution in [-0.4, -0.2) is 26.1 Å². The monoisotopic (exact) mass is 359 g/mol. The van der Waals surface area contributed by atoms with Crippen molar-refractivity contribution in [2.75, 3.05) is 5.75 Å². The number of carbonyl (C=O) groups excluding carboxylic acids is 1. The van der Waals surface area contributed by atoms with Crippen LogP contribution in [0.3, 0.4) is 0 Å². The first-order valence-corrected chi connectivity index (χ1v) is 9.24. The minimum absolute atomic E-state index is 0.0250. The van der Waals surface area contributed by atoms with Crippen LogP contribution in [0.4, 0.5) is 0 Å². The molecule has 0 aliphatic rings. The van der Waals surface area contributed by atoms with E-state index < -0.39 is 0 Å². The van der Waals surface area contributed by atoms with E-state index in [9.17, 15) is 9.59 Å². The van der Waals surface area contributed by atoms with Crippen molar-refractivity contribution < 1.29 is 4.79 Å². The molecule has 3 aromatic rings. The Kier molecular flexibility index (Phi) is 4.73. The minimum atomic E-state index is -0.0726. The van der Waals surface area contributed by atoms with Gasteiger partial charge in [-0.3, -0.25) is 14.2 Å². The van der Waals surface area contributed by atoms with Crippen molar-refractivity contribution in [1.29, 1.82) is 0 Å². The third-order valence-electron chi connectivity index (χ3n) is 3.80. The molecule has 0 aromatic carbocycles. The third kappa shape index (κ3) is 2.97. The number of hydrogen-bond donors (Lipinski definition) is 1. The van der Waals surface area contributed by atoms with E-state index in [-0.39, 0.29) is 17.1 Å². The summed E-state index contributed by atoms with van der Waals surface area (Å²) >= 11 is 2.79. The van der Waals surface area contributed by atoms with Crippen LogP contribution < -0.4 is 5.56 Å². The zero-order valence-corrected chi connectivity index (χ0v) is 15.1. The molecule has 0 bridgehead atoms. The molecule has 0 spiro atoms. The predicted molar refractivity (Wildman–Crippen MR) is 99.4 cm³/mol. The van der Waals surface area contributed by atoms with Gasteiger partial charge in [-0.25, -0.2) is 4.98 Å². The lowest BCUT2D eigenvalue weighted by molar-refractivity contribution is 0.101. The second-order valence-electron chi connectivity index (χ2n) is 5.36. The van der Waals surface area contributed by atoms with Crippen LogP contribution in [0.5, 0.6) is 0 Å². The number of nitrogens with zero attached hydrogens (tertiary/aromatic N) is 2. The molecule has 0 aliphatic carbocycles. The highest BCUT2D eigenvalue weighted by atomic mass is 32.2. The van der Waals surface area contributed by atoms with E-state index >= 15 is 0 Å². The number of aromatic nitrogens is 3. The number of rotatable bonds is 6. The summed E-state index contributed by atoms with van der Waals surface area (Å²) < 4.78 is 1.58. The predicted octanol–water partition coefficient (Wildman–Crippen LogP) is 3.56. The van der Waals surface area contributed by atoms with E-state index in [0.29, 0.717) is 22.8 Å². The van der Waals surface area contributed by atoms with Gasteiger partial charge in [0.1, 0.15) is 4.83 Å². The Morgan fingerprint density at radius 2 is 2.29 bits per heavy atom. The van der Waals surface area contributed by atoms with Gasteiger partial charge in [0.05, 0.1) is 16.8 Å². The van der Waals surface area contributed by atoms with E-state index in [4.69, 9.17) is 0 Å². The zero-order chi connectivity index (χ0) is 17.3. The summed E-state index contributed by atoms with van der Waals surface area (Å²) in [6, 6.07) is 3.52. The molecular formula is C17H17N3O2S2. The molecule has 24 heavy (non-hydrogen) atoms. The van der Waals surface area contributed by atoms with E-state index in [1.807, 2.05) is 13.8 Å². The number of Topliss-reactive ketones (excluding diaryl/α,β-unsaturated/α-hetero) is 1. The van der Waals surface area contributed by atoms with Crippen LogP contribution >= 0.6 is 23.1 Å². The van der Waals surface area contributed by atoms with E-state index in [0.717, 1.165) is 15.3 Å². The number of nitrogens with one attached hydrogen (secondary N) is 1. The fraction of sp³-hybridized carbons (Fsp3) is 0.235. The van der Waals surface area contributed by atoms with Gasteiger partial charge in [0.25, 0.3) is 5.56 Å². The van der Waals surface area contributed by atoms with E-state index in [2.05, 4.69) is 16.5 Å². The van der Waals surface area contributed by atoms with Crippen molar-refractivity contribution in [2.45, 2.75) is 25.5 Å². The number of aryl methyl sites for hydroxylation is 2. The fourth-order valence-electron chi connectivity index (χ4n) is 2.42. The maximum atomic E-state index is 12.8. The van der Waals surface area contributed by atoms with Gasteiger partial charge < -0.3 is 4.98 Å². The molecule has 0 saturated heterocycles. The van der Waals surface area contributed by atoms with E-state index in [1.165, 1.54) is 23.1 Å². The number of ketones is 1. The summed E-state index contributed by atoms with van der Waals surface area (Å²) in [4.78, 5) is 34.3. The number of allylic oxidation sites excluding steroid dienone is 1. The van der Waals surface area contributed by atoms with Crippen LogP contribution in [0.25, 0.3) is 10.2 Å². The minimum Gasteiger partial charge on any atom is -0.359 e. The molecule has 124 valence electrons. The first kappa shape index (κ1) is 16.7. The lowest BCUT2D eigenvalue weighted by Crippen LogP contribution is -2.23. The van der Waals surface area contributed by atoms with Crippen molar-refractivity contribution in [3.63, 3.8) is 0 Å². The molecule has 5 nitrogen and oxygen atoms in total. The summed E-state index contributed by atoms with van der Waals surface area (Å²) in [7, 11) is 0. The van der Waals surface area contributed by atoms with Crippen LogP contribution in [0.2, 0.25) is 0 Å². The number of hydrogen-bond acceptors (Lipinski definition) is 5. The molecule has 7 heteroatoms. The highest BCUT2D eigenvalue weighted by Gasteiger charge is 2.17. The molecule has 0 unspecified atom stereocenters. The second-order valence-corrected chi connectivity index (χ2v) is 7.50. The van der Waals surface area contributed by atoms with Gasteiger partial charge in [-0.15, -0.1) is 17.9 Å². The lowest BCUT2D eigenvalue weighted by Gasteiger charge is -2.09. The third-order valence-corrected chi connectivity index (χ3v) is 5.87. The Hall–Kier alpha value is -2.12. The van der Waals surface area contributed by atoms with Crippen molar-refractivity contribution in [1.82, 2.24) is 14.5 Å². The van der Waals surface area contributed by atoms with Gasteiger partial charge >= 0.3 is 0 Å². The van der Waals surface area contributed by atoms with Gasteiger partial charge in [-0.2, -0.15) is 0 Å². The maximum Gasteiger partial charge on any atom is 0.263 e. The highest BCUT2D eigenvalue weighted by Crippen LogP contribution is 2.28. The Balaban J connectivity index is 2.00. The molecule has 1 N–H and O–H groups in total. The van der Waals surface area contributed by atoms with Crippen molar-refractivity contribution in [3.8, 4) is 0 Å². The van der Waals surface area contributed by atoms with Gasteiger partial charge in [0.15, 0.2) is 10.9 Å². The Morgan fingerprint density at radius 3 is 2.96 bits per heavy atom. The Morgan fingerprint density at radius 1 is 1.50 bits per heavy atom. The zero-order valence-electron chi connectivity index (χ0n) is 13.5. The summed E-state index contributed by atoms with van der Waals surface area (Å²) in [5, 5.41) is 1.22. The van der Waals surface area contributed by atoms with Gasteiger partial charge in [-0.05, 0) is 31.5 Å². The fourth-order valence-corrected chi connectivity index (χ4v) is 4.38. The number of aromatic amines is 1. The van der Waals surface area contributed by atoms with E-state index in [1.54, 1.807) is 29.0 Å². The molecule has 0 aliphatic heterocycles. The normalized spacial score (nSPS) is 11.1. The molecule has 0 atom stereocenters. The number of thioether (sulfide) groups is 1. The average molecular weight is 359 g/mol. The standard InChI is InChI=1S/C17H17N3O2S2/c1-4-8-20-16(22)14-10(2)11(3)24-15(14)19-17(20)23-9-13(21)12-6-5-7-18-12/h4-7,18H,1,8-9H2,2-3H3. The largest absolute Gasteiger partial charge is 0.359 e. The number of H-pyrrole nitrogens is 1. The smallest absolute Gasteiger partial charge is 0.263 e. The molecule has 0 fully saturated rings. The molecular weight excluding hydrogens is 342 g/mol.